The highest BCUT2D eigenvalue weighted by Crippen LogP contribution is 2.34. The largest absolute Gasteiger partial charge is 0.296 e. The number of halogens is 1. The Balaban J connectivity index is 1.89. The number of nitrogens with zero attached hydrogens (tertiary/aromatic N) is 3. The zero-order valence-corrected chi connectivity index (χ0v) is 15.5. The monoisotopic (exact) mass is 389 g/mol. The Hall–Kier alpha value is -2.38. The van der Waals surface area contributed by atoms with E-state index < -0.39 is 10.0 Å². The molecule has 0 atom stereocenters. The lowest BCUT2D eigenvalue weighted by atomic mass is 10.2. The van der Waals surface area contributed by atoms with Gasteiger partial charge in [0.25, 0.3) is 10.0 Å². The number of pyridine rings is 1. The van der Waals surface area contributed by atoms with E-state index >= 15 is 0 Å². The quantitative estimate of drug-likeness (QED) is 0.627. The van der Waals surface area contributed by atoms with Crippen molar-refractivity contribution in [2.75, 3.05) is 4.90 Å². The maximum Gasteiger partial charge on any atom is 0.269 e. The summed E-state index contributed by atoms with van der Waals surface area (Å²) < 4.78 is 27.2. The smallest absolute Gasteiger partial charge is 0.269 e. The number of aromatic nitrogens is 2. The van der Waals surface area contributed by atoms with Gasteiger partial charge in [-0.25, -0.2) is 17.4 Å². The first-order valence-corrected chi connectivity index (χ1v) is 9.97. The highest BCUT2D eigenvalue weighted by molar-refractivity contribution is 7.90. The van der Waals surface area contributed by atoms with E-state index in [4.69, 9.17) is 11.6 Å². The molecule has 1 amide bonds. The number of benzene rings is 1. The predicted molar refractivity (Wildman–Crippen MR) is 100 cm³/mol. The second kappa shape index (κ2) is 6.10. The van der Waals surface area contributed by atoms with Crippen molar-refractivity contribution in [1.29, 1.82) is 0 Å². The summed E-state index contributed by atoms with van der Waals surface area (Å²) >= 11 is 6.33. The molecule has 0 aliphatic heterocycles. The number of rotatable bonds is 5. The molecule has 1 fully saturated rings. The molecule has 1 aromatic carbocycles. The normalized spacial score (nSPS) is 14.5. The molecule has 1 aliphatic rings. The van der Waals surface area contributed by atoms with Gasteiger partial charge in [0.15, 0.2) is 5.65 Å². The minimum atomic E-state index is -3.82. The third kappa shape index (κ3) is 2.77. The van der Waals surface area contributed by atoms with E-state index in [1.54, 1.807) is 36.4 Å². The van der Waals surface area contributed by atoms with Crippen molar-refractivity contribution in [3.05, 3.63) is 53.2 Å². The lowest BCUT2D eigenvalue weighted by molar-refractivity contribution is -0.107. The molecule has 0 saturated heterocycles. The molecule has 3 aromatic rings. The van der Waals surface area contributed by atoms with Crippen LogP contribution in [0.15, 0.2) is 47.5 Å². The third-order valence-electron chi connectivity index (χ3n) is 4.46. The van der Waals surface area contributed by atoms with Gasteiger partial charge in [0.05, 0.1) is 9.92 Å². The van der Waals surface area contributed by atoms with Crippen LogP contribution in [-0.2, 0) is 14.8 Å². The van der Waals surface area contributed by atoms with Gasteiger partial charge in [0, 0.05) is 23.7 Å². The van der Waals surface area contributed by atoms with Crippen LogP contribution >= 0.6 is 11.6 Å². The minimum Gasteiger partial charge on any atom is -0.296 e. The first-order valence-electron chi connectivity index (χ1n) is 8.15. The van der Waals surface area contributed by atoms with E-state index in [0.717, 1.165) is 22.4 Å². The van der Waals surface area contributed by atoms with E-state index in [0.29, 0.717) is 22.6 Å². The molecule has 0 unspecified atom stereocenters. The number of hydrogen-bond donors (Lipinski definition) is 0. The molecule has 0 spiro atoms. The van der Waals surface area contributed by atoms with Crippen LogP contribution in [0.1, 0.15) is 18.4 Å². The van der Waals surface area contributed by atoms with Crippen molar-refractivity contribution in [1.82, 2.24) is 8.96 Å². The average Bonchev–Trinajstić information content (AvgIpc) is 3.33. The molecule has 8 heteroatoms. The Morgan fingerprint density at radius 1 is 1.23 bits per heavy atom. The molecule has 0 N–H and O–H groups in total. The molecule has 2 heterocycles. The van der Waals surface area contributed by atoms with Crippen molar-refractivity contribution in [2.24, 2.45) is 0 Å². The van der Waals surface area contributed by atoms with Crippen molar-refractivity contribution in [3.63, 3.8) is 0 Å². The van der Waals surface area contributed by atoms with E-state index in [9.17, 15) is 13.2 Å². The molecular formula is C18H16ClN3O3S. The van der Waals surface area contributed by atoms with Crippen molar-refractivity contribution in [3.8, 4) is 0 Å². The van der Waals surface area contributed by atoms with Gasteiger partial charge in [-0.1, -0.05) is 29.3 Å². The lowest BCUT2D eigenvalue weighted by Gasteiger charge is -2.16. The highest BCUT2D eigenvalue weighted by atomic mass is 35.5. The molecule has 134 valence electrons. The Bertz CT molecular complexity index is 1100. The Labute approximate surface area is 156 Å². The van der Waals surface area contributed by atoms with Crippen LogP contribution < -0.4 is 4.90 Å². The lowest BCUT2D eigenvalue weighted by Crippen LogP contribution is -2.24. The topological polar surface area (TPSA) is 72.3 Å². The van der Waals surface area contributed by atoms with Crippen molar-refractivity contribution in [2.45, 2.75) is 30.7 Å². The molecule has 1 saturated carbocycles. The van der Waals surface area contributed by atoms with Gasteiger partial charge in [-0.05, 0) is 38.0 Å². The van der Waals surface area contributed by atoms with Crippen molar-refractivity contribution >= 4 is 44.9 Å². The summed E-state index contributed by atoms with van der Waals surface area (Å²) in [6.45, 7) is 1.89. The van der Waals surface area contributed by atoms with Gasteiger partial charge in [-0.2, -0.15) is 0 Å². The number of hydrogen-bond acceptors (Lipinski definition) is 4. The van der Waals surface area contributed by atoms with Crippen LogP contribution in [0.2, 0.25) is 5.02 Å². The number of aryl methyl sites for hydroxylation is 1. The number of anilines is 1. The van der Waals surface area contributed by atoms with Crippen LogP contribution in [0.4, 0.5) is 5.82 Å². The van der Waals surface area contributed by atoms with Crippen molar-refractivity contribution < 1.29 is 13.2 Å². The van der Waals surface area contributed by atoms with Gasteiger partial charge >= 0.3 is 0 Å². The molecule has 26 heavy (non-hydrogen) atoms. The predicted octanol–water partition coefficient (Wildman–Crippen LogP) is 3.36. The van der Waals surface area contributed by atoms with Crippen LogP contribution in [-0.4, -0.2) is 29.8 Å². The van der Waals surface area contributed by atoms with Gasteiger partial charge in [0.2, 0.25) is 6.41 Å². The molecule has 4 rings (SSSR count). The molecule has 2 aromatic heterocycles. The summed E-state index contributed by atoms with van der Waals surface area (Å²) in [4.78, 5) is 17.5. The summed E-state index contributed by atoms with van der Waals surface area (Å²) in [6.07, 6.45) is 3.95. The molecule has 0 bridgehead atoms. The van der Waals surface area contributed by atoms with Crippen LogP contribution in [0, 0.1) is 6.92 Å². The van der Waals surface area contributed by atoms with E-state index in [1.165, 1.54) is 11.1 Å². The highest BCUT2D eigenvalue weighted by Gasteiger charge is 2.31. The molecule has 1 aliphatic carbocycles. The summed E-state index contributed by atoms with van der Waals surface area (Å²) in [5, 5.41) is 0.878. The second-order valence-corrected chi connectivity index (χ2v) is 8.60. The molecule has 6 nitrogen and oxygen atoms in total. The van der Waals surface area contributed by atoms with Crippen LogP contribution in [0.5, 0.6) is 0 Å². The Morgan fingerprint density at radius 3 is 2.54 bits per heavy atom. The maximum absolute atomic E-state index is 13.0. The van der Waals surface area contributed by atoms with E-state index in [1.807, 2.05) is 6.92 Å². The Kier molecular flexibility index (Phi) is 4.00. The zero-order valence-electron chi connectivity index (χ0n) is 14.0. The van der Waals surface area contributed by atoms with Gasteiger partial charge in [-0.3, -0.25) is 9.69 Å². The first kappa shape index (κ1) is 17.1. The summed E-state index contributed by atoms with van der Waals surface area (Å²) in [7, 11) is -3.82. The molecular weight excluding hydrogens is 374 g/mol. The SMILES string of the molecule is Cc1ccc(S(=O)(=O)n2ccc3c(Cl)cc(N(C=O)C4CC4)nc32)cc1. The summed E-state index contributed by atoms with van der Waals surface area (Å²) in [6, 6.07) is 9.91. The Morgan fingerprint density at radius 2 is 1.92 bits per heavy atom. The standard InChI is InChI=1S/C18H16ClN3O3S/c1-12-2-6-14(7-3-12)26(24,25)22-9-8-15-16(19)10-17(20-18(15)22)21(11-23)13-4-5-13/h2-3,6-11,13H,4-5H2,1H3. The fourth-order valence-electron chi connectivity index (χ4n) is 2.86. The average molecular weight is 390 g/mol. The number of amides is 1. The first-order chi connectivity index (χ1) is 12.4. The number of fused-ring (bicyclic) bond motifs is 1. The summed E-state index contributed by atoms with van der Waals surface area (Å²) in [5.74, 6) is 0.360. The second-order valence-electron chi connectivity index (χ2n) is 6.37. The van der Waals surface area contributed by atoms with E-state index in [-0.39, 0.29) is 16.6 Å². The number of carbonyl (C=O) groups is 1. The van der Waals surface area contributed by atoms with Gasteiger partial charge in [-0.15, -0.1) is 0 Å². The zero-order chi connectivity index (χ0) is 18.5. The minimum absolute atomic E-state index is 0.102. The van der Waals surface area contributed by atoms with E-state index in [2.05, 4.69) is 4.98 Å². The third-order valence-corrected chi connectivity index (χ3v) is 6.45. The fraction of sp³-hybridized carbons (Fsp3) is 0.222. The van der Waals surface area contributed by atoms with Gasteiger partial charge in [0.1, 0.15) is 5.82 Å². The summed E-state index contributed by atoms with van der Waals surface area (Å²) in [5.41, 5.74) is 1.18. The van der Waals surface area contributed by atoms with Crippen LogP contribution in [0.3, 0.4) is 0 Å². The maximum atomic E-state index is 13.0. The van der Waals surface area contributed by atoms with Gasteiger partial charge < -0.3 is 0 Å². The molecule has 0 radical (unpaired) electrons. The number of carbonyl (C=O) groups excluding carboxylic acids is 1. The van der Waals surface area contributed by atoms with Crippen LogP contribution in [0.25, 0.3) is 11.0 Å². The fourth-order valence-corrected chi connectivity index (χ4v) is 4.40.